The second-order valence-electron chi connectivity index (χ2n) is 5.55. The summed E-state index contributed by atoms with van der Waals surface area (Å²) in [5, 5.41) is 3.28. The Morgan fingerprint density at radius 1 is 1.26 bits per heavy atom. The summed E-state index contributed by atoms with van der Waals surface area (Å²) in [5.74, 6) is 0.293. The highest BCUT2D eigenvalue weighted by atomic mass is 16.5. The first-order valence-electron chi connectivity index (χ1n) is 7.41. The molecule has 0 aliphatic carbocycles. The fourth-order valence-corrected chi connectivity index (χ4v) is 1.60. The smallest absolute Gasteiger partial charge is 0.326 e. The minimum atomic E-state index is -0.650. The maximum absolute atomic E-state index is 12.0. The lowest BCUT2D eigenvalue weighted by atomic mass is 9.98. The zero-order chi connectivity index (χ0) is 14.9. The fourth-order valence-electron chi connectivity index (χ4n) is 1.60. The van der Waals surface area contributed by atoms with Gasteiger partial charge in [0.1, 0.15) is 5.54 Å². The van der Waals surface area contributed by atoms with E-state index in [1.54, 1.807) is 0 Å². The van der Waals surface area contributed by atoms with Gasteiger partial charge in [-0.05, 0) is 46.1 Å². The van der Waals surface area contributed by atoms with Gasteiger partial charge in [0.25, 0.3) is 0 Å². The molecule has 0 fully saturated rings. The van der Waals surface area contributed by atoms with Crippen molar-refractivity contribution in [1.82, 2.24) is 5.32 Å². The number of nitrogens with one attached hydrogen (secondary N) is 1. The van der Waals surface area contributed by atoms with E-state index in [0.29, 0.717) is 25.6 Å². The zero-order valence-electron chi connectivity index (χ0n) is 13.4. The van der Waals surface area contributed by atoms with E-state index in [4.69, 9.17) is 9.47 Å². The first-order valence-corrected chi connectivity index (χ1v) is 7.41. The molecule has 0 aliphatic heterocycles. The van der Waals surface area contributed by atoms with Gasteiger partial charge < -0.3 is 14.8 Å². The molecule has 0 aromatic carbocycles. The third-order valence-electron chi connectivity index (χ3n) is 3.41. The largest absolute Gasteiger partial charge is 0.465 e. The van der Waals surface area contributed by atoms with Crippen molar-refractivity contribution in [2.75, 3.05) is 19.8 Å². The minimum Gasteiger partial charge on any atom is -0.465 e. The van der Waals surface area contributed by atoms with Gasteiger partial charge in [-0.25, -0.2) is 0 Å². The summed E-state index contributed by atoms with van der Waals surface area (Å²) in [5.41, 5.74) is -0.650. The number of carbonyl (C=O) groups excluding carboxylic acids is 1. The molecule has 0 aromatic heterocycles. The van der Waals surface area contributed by atoms with E-state index in [9.17, 15) is 4.79 Å². The van der Waals surface area contributed by atoms with E-state index < -0.39 is 5.54 Å². The van der Waals surface area contributed by atoms with E-state index in [0.717, 1.165) is 13.0 Å². The quantitative estimate of drug-likeness (QED) is 0.622. The second-order valence-corrected chi connectivity index (χ2v) is 5.55. The van der Waals surface area contributed by atoms with Crippen LogP contribution in [0.15, 0.2) is 0 Å². The number of ether oxygens (including phenoxy) is 2. The summed E-state index contributed by atoms with van der Waals surface area (Å²) in [6.45, 7) is 13.9. The Bertz CT molecular complexity index is 256. The lowest BCUT2D eigenvalue weighted by molar-refractivity contribution is -0.151. The standard InChI is InChI=1S/C15H31NO3/c1-7-10-16-15(6,14(17)18-8-2)9-11-19-13(5)12(3)4/h12-13,16H,7-11H2,1-6H3. The molecular formula is C15H31NO3. The highest BCUT2D eigenvalue weighted by Gasteiger charge is 2.33. The molecular weight excluding hydrogens is 242 g/mol. The molecule has 19 heavy (non-hydrogen) atoms. The van der Waals surface area contributed by atoms with Crippen LogP contribution in [0, 0.1) is 5.92 Å². The molecule has 0 aliphatic rings. The average Bonchev–Trinajstić information content (AvgIpc) is 2.36. The van der Waals surface area contributed by atoms with Crippen molar-refractivity contribution in [1.29, 1.82) is 0 Å². The van der Waals surface area contributed by atoms with Crippen LogP contribution in [0.5, 0.6) is 0 Å². The third-order valence-corrected chi connectivity index (χ3v) is 3.41. The zero-order valence-corrected chi connectivity index (χ0v) is 13.4. The van der Waals surface area contributed by atoms with Crippen LogP contribution < -0.4 is 5.32 Å². The molecule has 2 atom stereocenters. The third kappa shape index (κ3) is 6.92. The van der Waals surface area contributed by atoms with E-state index in [1.807, 2.05) is 13.8 Å². The van der Waals surface area contributed by atoms with Gasteiger partial charge >= 0.3 is 5.97 Å². The van der Waals surface area contributed by atoms with Crippen LogP contribution in [-0.4, -0.2) is 37.4 Å². The first kappa shape index (κ1) is 18.4. The van der Waals surface area contributed by atoms with Crippen LogP contribution in [0.25, 0.3) is 0 Å². The van der Waals surface area contributed by atoms with Crippen LogP contribution in [0.1, 0.15) is 54.4 Å². The van der Waals surface area contributed by atoms with Gasteiger partial charge in [-0.3, -0.25) is 4.79 Å². The Kier molecular flexibility index (Phi) is 9.02. The van der Waals surface area contributed by atoms with Gasteiger partial charge in [0.15, 0.2) is 0 Å². The van der Waals surface area contributed by atoms with Crippen LogP contribution in [0.2, 0.25) is 0 Å². The molecule has 0 saturated heterocycles. The molecule has 0 rings (SSSR count). The van der Waals surface area contributed by atoms with Gasteiger partial charge in [-0.1, -0.05) is 20.8 Å². The lowest BCUT2D eigenvalue weighted by Crippen LogP contribution is -2.51. The maximum Gasteiger partial charge on any atom is 0.326 e. The minimum absolute atomic E-state index is 0.191. The molecule has 0 heterocycles. The van der Waals surface area contributed by atoms with Crippen molar-refractivity contribution in [2.24, 2.45) is 5.92 Å². The molecule has 0 aromatic rings. The van der Waals surface area contributed by atoms with Crippen LogP contribution in [0.4, 0.5) is 0 Å². The monoisotopic (exact) mass is 273 g/mol. The number of carbonyl (C=O) groups is 1. The highest BCUT2D eigenvalue weighted by Crippen LogP contribution is 2.15. The van der Waals surface area contributed by atoms with Gasteiger partial charge in [0.05, 0.1) is 12.7 Å². The number of hydrogen-bond acceptors (Lipinski definition) is 4. The van der Waals surface area contributed by atoms with Gasteiger partial charge in [0.2, 0.25) is 0 Å². The molecule has 2 unspecified atom stereocenters. The van der Waals surface area contributed by atoms with Gasteiger partial charge in [0, 0.05) is 6.61 Å². The SMILES string of the molecule is CCCNC(C)(CCOC(C)C(C)C)C(=O)OCC. The topological polar surface area (TPSA) is 47.6 Å². The molecule has 114 valence electrons. The molecule has 0 saturated carbocycles. The molecule has 0 radical (unpaired) electrons. The van der Waals surface area contributed by atoms with Crippen LogP contribution >= 0.6 is 0 Å². The van der Waals surface area contributed by atoms with Crippen molar-refractivity contribution in [2.45, 2.75) is 66.0 Å². The predicted octanol–water partition coefficient (Wildman–Crippen LogP) is 2.76. The summed E-state index contributed by atoms with van der Waals surface area (Å²) >= 11 is 0. The summed E-state index contributed by atoms with van der Waals surface area (Å²) in [6, 6.07) is 0. The van der Waals surface area contributed by atoms with Gasteiger partial charge in [-0.15, -0.1) is 0 Å². The average molecular weight is 273 g/mol. The molecule has 1 N–H and O–H groups in total. The Morgan fingerprint density at radius 2 is 1.89 bits per heavy atom. The van der Waals surface area contributed by atoms with Crippen LogP contribution in [-0.2, 0) is 14.3 Å². The van der Waals surface area contributed by atoms with E-state index >= 15 is 0 Å². The van der Waals surface area contributed by atoms with E-state index in [-0.39, 0.29) is 12.1 Å². The van der Waals surface area contributed by atoms with Crippen molar-refractivity contribution in [3.8, 4) is 0 Å². The molecule has 0 amide bonds. The maximum atomic E-state index is 12.0. The molecule has 4 heteroatoms. The van der Waals surface area contributed by atoms with E-state index in [1.165, 1.54) is 0 Å². The molecule has 0 bridgehead atoms. The van der Waals surface area contributed by atoms with Gasteiger partial charge in [-0.2, -0.15) is 0 Å². The Hall–Kier alpha value is -0.610. The number of esters is 1. The first-order chi connectivity index (χ1) is 8.87. The Balaban J connectivity index is 4.37. The summed E-state index contributed by atoms with van der Waals surface area (Å²) < 4.78 is 10.9. The lowest BCUT2D eigenvalue weighted by Gasteiger charge is -2.29. The molecule has 4 nitrogen and oxygen atoms in total. The predicted molar refractivity (Wildman–Crippen MR) is 78.2 cm³/mol. The fraction of sp³-hybridized carbons (Fsp3) is 0.933. The Morgan fingerprint density at radius 3 is 2.37 bits per heavy atom. The van der Waals surface area contributed by atoms with Crippen LogP contribution in [0.3, 0.4) is 0 Å². The van der Waals surface area contributed by atoms with E-state index in [2.05, 4.69) is 33.0 Å². The molecule has 0 spiro atoms. The van der Waals surface area contributed by atoms with Crippen molar-refractivity contribution < 1.29 is 14.3 Å². The second kappa shape index (κ2) is 9.32. The van der Waals surface area contributed by atoms with Crippen molar-refractivity contribution in [3.05, 3.63) is 0 Å². The number of hydrogen-bond donors (Lipinski definition) is 1. The summed E-state index contributed by atoms with van der Waals surface area (Å²) in [6.07, 6.45) is 1.82. The summed E-state index contributed by atoms with van der Waals surface area (Å²) in [7, 11) is 0. The highest BCUT2D eigenvalue weighted by molar-refractivity contribution is 5.80. The van der Waals surface area contributed by atoms with Crippen molar-refractivity contribution >= 4 is 5.97 Å². The summed E-state index contributed by atoms with van der Waals surface area (Å²) in [4.78, 5) is 12.0. The Labute approximate surface area is 118 Å². The van der Waals surface area contributed by atoms with Crippen molar-refractivity contribution in [3.63, 3.8) is 0 Å². The number of rotatable bonds is 10. The normalized spacial score (nSPS) is 16.2.